The summed E-state index contributed by atoms with van der Waals surface area (Å²) >= 11 is 3.60. The van der Waals surface area contributed by atoms with Crippen molar-refractivity contribution in [2.45, 2.75) is 13.5 Å². The minimum absolute atomic E-state index is 0.211. The molecule has 0 bridgehead atoms. The van der Waals surface area contributed by atoms with Crippen molar-refractivity contribution in [1.29, 1.82) is 5.26 Å². The van der Waals surface area contributed by atoms with Gasteiger partial charge in [0, 0.05) is 21.2 Å². The van der Waals surface area contributed by atoms with Crippen molar-refractivity contribution in [2.75, 3.05) is 6.61 Å². The third-order valence-corrected chi connectivity index (χ3v) is 6.67. The number of aromatic nitrogens is 2. The molecule has 0 aliphatic rings. The standard InChI is InChI=1S/C31H23BrN4O3/c1-2-38-28-16-24(26(32)17-29(28)39-20-23-13-7-6-12-22(23)18-33)19-34-36-30(21-10-4-3-5-11-21)35-27-15-9-8-14-25(27)31(36)37/h3-17,19H,2,20H2,1H3. The molecule has 0 radical (unpaired) electrons. The van der Waals surface area contributed by atoms with E-state index in [1.807, 2.05) is 67.6 Å². The number of para-hydroxylation sites is 1. The van der Waals surface area contributed by atoms with Gasteiger partial charge in [0.25, 0.3) is 5.56 Å². The first-order chi connectivity index (χ1) is 19.1. The van der Waals surface area contributed by atoms with Crippen LogP contribution in [0.4, 0.5) is 0 Å². The fourth-order valence-corrected chi connectivity index (χ4v) is 4.49. The molecule has 0 atom stereocenters. The van der Waals surface area contributed by atoms with Gasteiger partial charge in [0.05, 0.1) is 35.4 Å². The number of hydrogen-bond acceptors (Lipinski definition) is 6. The lowest BCUT2D eigenvalue weighted by atomic mass is 10.1. The molecule has 5 aromatic rings. The second-order valence-corrected chi connectivity index (χ2v) is 9.35. The van der Waals surface area contributed by atoms with Crippen LogP contribution in [0.2, 0.25) is 0 Å². The highest BCUT2D eigenvalue weighted by Gasteiger charge is 2.14. The summed E-state index contributed by atoms with van der Waals surface area (Å²) in [6, 6.07) is 29.8. The Balaban J connectivity index is 1.53. The van der Waals surface area contributed by atoms with E-state index < -0.39 is 0 Å². The molecule has 0 unspecified atom stereocenters. The van der Waals surface area contributed by atoms with Crippen LogP contribution in [0.25, 0.3) is 22.3 Å². The third kappa shape index (κ3) is 5.59. The normalized spacial score (nSPS) is 11.0. The van der Waals surface area contributed by atoms with Gasteiger partial charge in [0.1, 0.15) is 6.61 Å². The highest BCUT2D eigenvalue weighted by atomic mass is 79.9. The van der Waals surface area contributed by atoms with Gasteiger partial charge in [-0.3, -0.25) is 4.79 Å². The van der Waals surface area contributed by atoms with E-state index in [0.717, 1.165) is 11.1 Å². The molecule has 1 aromatic heterocycles. The van der Waals surface area contributed by atoms with Crippen LogP contribution in [0, 0.1) is 11.3 Å². The van der Waals surface area contributed by atoms with Crippen LogP contribution in [0.3, 0.4) is 0 Å². The number of benzene rings is 4. The molecule has 0 saturated carbocycles. The van der Waals surface area contributed by atoms with E-state index in [1.54, 1.807) is 36.5 Å². The molecule has 0 fully saturated rings. The summed E-state index contributed by atoms with van der Waals surface area (Å²) in [7, 11) is 0. The summed E-state index contributed by atoms with van der Waals surface area (Å²) < 4.78 is 13.9. The van der Waals surface area contributed by atoms with Crippen molar-refractivity contribution in [3.63, 3.8) is 0 Å². The van der Waals surface area contributed by atoms with Crippen LogP contribution in [-0.2, 0) is 6.61 Å². The van der Waals surface area contributed by atoms with E-state index in [-0.39, 0.29) is 12.2 Å². The molecule has 4 aromatic carbocycles. The SMILES string of the molecule is CCOc1cc(C=Nn2c(-c3ccccc3)nc3ccccc3c2=O)c(Br)cc1OCc1ccccc1C#N. The molecule has 0 aliphatic carbocycles. The number of nitrogens with zero attached hydrogens (tertiary/aromatic N) is 4. The molecule has 192 valence electrons. The van der Waals surface area contributed by atoms with Gasteiger partial charge < -0.3 is 9.47 Å². The molecule has 39 heavy (non-hydrogen) atoms. The smallest absolute Gasteiger partial charge is 0.282 e. The highest BCUT2D eigenvalue weighted by molar-refractivity contribution is 9.10. The summed E-state index contributed by atoms with van der Waals surface area (Å²) in [6.07, 6.45) is 1.59. The molecule has 7 nitrogen and oxygen atoms in total. The minimum Gasteiger partial charge on any atom is -0.490 e. The first-order valence-electron chi connectivity index (χ1n) is 12.3. The summed E-state index contributed by atoms with van der Waals surface area (Å²) in [5, 5.41) is 14.4. The first-order valence-corrected chi connectivity index (χ1v) is 13.1. The van der Waals surface area contributed by atoms with Gasteiger partial charge in [0.15, 0.2) is 17.3 Å². The van der Waals surface area contributed by atoms with Crippen LogP contribution < -0.4 is 15.0 Å². The van der Waals surface area contributed by atoms with Gasteiger partial charge in [-0.05, 0) is 53.2 Å². The Bertz CT molecular complexity index is 1780. The first kappa shape index (κ1) is 25.9. The van der Waals surface area contributed by atoms with Crippen LogP contribution in [0.5, 0.6) is 11.5 Å². The van der Waals surface area contributed by atoms with E-state index in [0.29, 0.717) is 50.4 Å². The lowest BCUT2D eigenvalue weighted by Crippen LogP contribution is -2.20. The summed E-state index contributed by atoms with van der Waals surface area (Å²) in [6.45, 7) is 2.52. The van der Waals surface area contributed by atoms with Gasteiger partial charge >= 0.3 is 0 Å². The monoisotopic (exact) mass is 578 g/mol. The van der Waals surface area contributed by atoms with Gasteiger partial charge in [0.2, 0.25) is 0 Å². The third-order valence-electron chi connectivity index (χ3n) is 5.98. The Kier molecular flexibility index (Phi) is 7.80. The fourth-order valence-electron chi connectivity index (χ4n) is 4.07. The molecule has 0 saturated heterocycles. The number of halogens is 1. The van der Waals surface area contributed by atoms with Crippen LogP contribution in [-0.4, -0.2) is 22.5 Å². The predicted molar refractivity (Wildman–Crippen MR) is 155 cm³/mol. The average molecular weight is 579 g/mol. The molecule has 0 N–H and O–H groups in total. The zero-order valence-electron chi connectivity index (χ0n) is 21.0. The quantitative estimate of drug-likeness (QED) is 0.194. The maximum absolute atomic E-state index is 13.5. The van der Waals surface area contributed by atoms with Crippen LogP contribution in [0.15, 0.2) is 105 Å². The van der Waals surface area contributed by atoms with Crippen LogP contribution >= 0.6 is 15.9 Å². The number of ether oxygens (including phenoxy) is 2. The second-order valence-electron chi connectivity index (χ2n) is 8.49. The zero-order chi connectivity index (χ0) is 27.2. The number of hydrogen-bond donors (Lipinski definition) is 0. The minimum atomic E-state index is -0.270. The topological polar surface area (TPSA) is 89.5 Å². The molecule has 0 aliphatic heterocycles. The van der Waals surface area contributed by atoms with Gasteiger partial charge in [-0.25, -0.2) is 4.98 Å². The fraction of sp³-hybridized carbons (Fsp3) is 0.0968. The number of nitriles is 1. The second kappa shape index (κ2) is 11.8. The molecular formula is C31H23BrN4O3. The van der Waals surface area contributed by atoms with Crippen molar-refractivity contribution in [3.8, 4) is 29.0 Å². The Morgan fingerprint density at radius 3 is 2.49 bits per heavy atom. The van der Waals surface area contributed by atoms with E-state index in [1.165, 1.54) is 4.68 Å². The van der Waals surface area contributed by atoms with Crippen LogP contribution in [0.1, 0.15) is 23.6 Å². The summed E-state index contributed by atoms with van der Waals surface area (Å²) in [5.41, 5.74) is 3.12. The summed E-state index contributed by atoms with van der Waals surface area (Å²) in [5.74, 6) is 1.47. The van der Waals surface area contributed by atoms with Gasteiger partial charge in [-0.2, -0.15) is 15.0 Å². The van der Waals surface area contributed by atoms with E-state index in [2.05, 4.69) is 27.1 Å². The molecule has 0 amide bonds. The predicted octanol–water partition coefficient (Wildman–Crippen LogP) is 6.56. The number of fused-ring (bicyclic) bond motifs is 1. The van der Waals surface area contributed by atoms with Crippen molar-refractivity contribution in [3.05, 3.63) is 123 Å². The number of rotatable bonds is 8. The molecule has 5 rings (SSSR count). The maximum atomic E-state index is 13.5. The molecule has 8 heteroatoms. The summed E-state index contributed by atoms with van der Waals surface area (Å²) in [4.78, 5) is 18.2. The van der Waals surface area contributed by atoms with Gasteiger partial charge in [-0.1, -0.05) is 60.7 Å². The van der Waals surface area contributed by atoms with E-state index in [9.17, 15) is 10.1 Å². The Morgan fingerprint density at radius 1 is 0.974 bits per heavy atom. The molecule has 1 heterocycles. The highest BCUT2D eigenvalue weighted by Crippen LogP contribution is 2.34. The van der Waals surface area contributed by atoms with Crippen molar-refractivity contribution >= 4 is 33.0 Å². The lowest BCUT2D eigenvalue weighted by molar-refractivity contribution is 0.269. The zero-order valence-corrected chi connectivity index (χ0v) is 22.6. The van der Waals surface area contributed by atoms with Gasteiger partial charge in [-0.15, -0.1) is 0 Å². The Morgan fingerprint density at radius 2 is 1.69 bits per heavy atom. The van der Waals surface area contributed by atoms with Crippen molar-refractivity contribution in [1.82, 2.24) is 9.66 Å². The molecular weight excluding hydrogens is 556 g/mol. The van der Waals surface area contributed by atoms with E-state index >= 15 is 0 Å². The van der Waals surface area contributed by atoms with E-state index in [4.69, 9.17) is 14.5 Å². The Hall–Kier alpha value is -4.74. The Labute approximate surface area is 233 Å². The average Bonchev–Trinajstić information content (AvgIpc) is 2.97. The van der Waals surface area contributed by atoms with Crippen molar-refractivity contribution < 1.29 is 9.47 Å². The molecule has 0 spiro atoms. The lowest BCUT2D eigenvalue weighted by Gasteiger charge is -2.14. The largest absolute Gasteiger partial charge is 0.490 e. The van der Waals surface area contributed by atoms with Crippen molar-refractivity contribution in [2.24, 2.45) is 5.10 Å². The maximum Gasteiger partial charge on any atom is 0.282 e.